The molecule has 4 heteroatoms. The number of H-pyrrole nitrogens is 1. The van der Waals surface area contributed by atoms with E-state index in [0.29, 0.717) is 6.61 Å². The number of ether oxygens (including phenoxy) is 1. The van der Waals surface area contributed by atoms with Crippen molar-refractivity contribution in [1.82, 2.24) is 10.2 Å². The molecular formula is C14H9BrN2O. The third-order valence-corrected chi connectivity index (χ3v) is 3.86. The second-order valence-corrected chi connectivity index (χ2v) is 5.15. The lowest BCUT2D eigenvalue weighted by atomic mass is 10.1. The van der Waals surface area contributed by atoms with Crippen molar-refractivity contribution in [1.29, 1.82) is 0 Å². The molecule has 2 heterocycles. The second kappa shape index (κ2) is 3.59. The molecule has 1 aliphatic rings. The summed E-state index contributed by atoms with van der Waals surface area (Å²) in [6.07, 6.45) is 6.07. The van der Waals surface area contributed by atoms with E-state index in [4.69, 9.17) is 4.74 Å². The largest absolute Gasteiger partial charge is 0.488 e. The zero-order chi connectivity index (χ0) is 12.1. The topological polar surface area (TPSA) is 37.9 Å². The Labute approximate surface area is 112 Å². The molecule has 0 saturated heterocycles. The fraction of sp³-hybridized carbons (Fsp3) is 0.0714. The highest BCUT2D eigenvalue weighted by Gasteiger charge is 2.15. The Morgan fingerprint density at radius 1 is 1.33 bits per heavy atom. The molecule has 1 N–H and O–H groups in total. The summed E-state index contributed by atoms with van der Waals surface area (Å²) >= 11 is 3.58. The summed E-state index contributed by atoms with van der Waals surface area (Å²) < 4.78 is 6.68. The maximum absolute atomic E-state index is 5.75. The van der Waals surface area contributed by atoms with E-state index in [1.807, 2.05) is 18.3 Å². The number of rotatable bonds is 0. The molecule has 4 rings (SSSR count). The van der Waals surface area contributed by atoms with E-state index in [2.05, 4.69) is 44.3 Å². The summed E-state index contributed by atoms with van der Waals surface area (Å²) in [4.78, 5) is 0. The molecular weight excluding hydrogens is 292 g/mol. The van der Waals surface area contributed by atoms with Crippen LogP contribution in [0, 0.1) is 0 Å². The summed E-state index contributed by atoms with van der Waals surface area (Å²) in [5, 5.41) is 10.8. The Bertz CT molecular complexity index is 804. The summed E-state index contributed by atoms with van der Waals surface area (Å²) in [5.74, 6) is 0.892. The average molecular weight is 301 g/mol. The van der Waals surface area contributed by atoms with Crippen molar-refractivity contribution in [3.05, 3.63) is 40.5 Å². The van der Waals surface area contributed by atoms with Crippen molar-refractivity contribution in [2.24, 2.45) is 0 Å². The molecule has 88 valence electrons. The van der Waals surface area contributed by atoms with Crippen molar-refractivity contribution in [2.45, 2.75) is 0 Å². The van der Waals surface area contributed by atoms with Crippen LogP contribution < -0.4 is 4.74 Å². The monoisotopic (exact) mass is 300 g/mol. The lowest BCUT2D eigenvalue weighted by Crippen LogP contribution is -1.99. The van der Waals surface area contributed by atoms with Gasteiger partial charge in [-0.15, -0.1) is 0 Å². The van der Waals surface area contributed by atoms with Gasteiger partial charge in [-0.2, -0.15) is 5.10 Å². The van der Waals surface area contributed by atoms with E-state index < -0.39 is 0 Å². The molecule has 18 heavy (non-hydrogen) atoms. The van der Waals surface area contributed by atoms with E-state index in [-0.39, 0.29) is 0 Å². The van der Waals surface area contributed by atoms with Crippen LogP contribution in [-0.2, 0) is 0 Å². The normalized spacial score (nSPS) is 13.8. The SMILES string of the molecule is Brc1cc2n[nH]cc3ccc(c4c1OCC=C4)c32. The Morgan fingerprint density at radius 3 is 3.22 bits per heavy atom. The van der Waals surface area contributed by atoms with Gasteiger partial charge in [0.25, 0.3) is 0 Å². The Balaban J connectivity index is 2.34. The quantitative estimate of drug-likeness (QED) is 0.684. The highest BCUT2D eigenvalue weighted by atomic mass is 79.9. The van der Waals surface area contributed by atoms with Gasteiger partial charge in [0.1, 0.15) is 12.4 Å². The minimum Gasteiger partial charge on any atom is -0.488 e. The lowest BCUT2D eigenvalue weighted by molar-refractivity contribution is 0.357. The Hall–Kier alpha value is -1.81. The van der Waals surface area contributed by atoms with Crippen LogP contribution in [0.4, 0.5) is 0 Å². The number of nitrogens with zero attached hydrogens (tertiary/aromatic N) is 1. The second-order valence-electron chi connectivity index (χ2n) is 4.30. The smallest absolute Gasteiger partial charge is 0.141 e. The fourth-order valence-electron chi connectivity index (χ4n) is 2.50. The van der Waals surface area contributed by atoms with Crippen molar-refractivity contribution < 1.29 is 4.74 Å². The number of fused-ring (bicyclic) bond motifs is 2. The number of hydrogen-bond acceptors (Lipinski definition) is 2. The van der Waals surface area contributed by atoms with Gasteiger partial charge in [0.15, 0.2) is 0 Å². The third-order valence-electron chi connectivity index (χ3n) is 3.27. The van der Waals surface area contributed by atoms with Gasteiger partial charge < -0.3 is 4.74 Å². The van der Waals surface area contributed by atoms with Crippen molar-refractivity contribution in [2.75, 3.05) is 6.61 Å². The van der Waals surface area contributed by atoms with E-state index in [9.17, 15) is 0 Å². The van der Waals surface area contributed by atoms with Crippen molar-refractivity contribution in [3.63, 3.8) is 0 Å². The molecule has 3 nitrogen and oxygen atoms in total. The lowest BCUT2D eigenvalue weighted by Gasteiger charge is -2.11. The molecule has 0 amide bonds. The van der Waals surface area contributed by atoms with Crippen LogP contribution in [0.3, 0.4) is 0 Å². The first-order valence-electron chi connectivity index (χ1n) is 5.72. The average Bonchev–Trinajstić information content (AvgIpc) is 2.78. The van der Waals surface area contributed by atoms with Gasteiger partial charge in [-0.3, -0.25) is 5.10 Å². The molecule has 2 aromatic carbocycles. The number of hydrogen-bond donors (Lipinski definition) is 1. The number of aromatic nitrogens is 2. The van der Waals surface area contributed by atoms with Crippen LogP contribution in [0.25, 0.3) is 27.8 Å². The highest BCUT2D eigenvalue weighted by Crippen LogP contribution is 2.39. The summed E-state index contributed by atoms with van der Waals surface area (Å²) in [7, 11) is 0. The fourth-order valence-corrected chi connectivity index (χ4v) is 3.05. The molecule has 0 aliphatic carbocycles. The van der Waals surface area contributed by atoms with E-state index in [0.717, 1.165) is 21.3 Å². The molecule has 0 unspecified atom stereocenters. The van der Waals surface area contributed by atoms with Crippen molar-refractivity contribution in [3.8, 4) is 5.75 Å². The maximum Gasteiger partial charge on any atom is 0.141 e. The summed E-state index contributed by atoms with van der Waals surface area (Å²) in [6, 6.07) is 6.23. The standard InChI is InChI=1S/C14H9BrN2O/c15-11-6-12-13-8(7-16-17-12)3-4-9(13)10-2-1-5-18-14(10)11/h1-4,6-7,16H,5H2. The number of nitrogens with one attached hydrogen (secondary N) is 1. The molecule has 0 spiro atoms. The molecule has 1 aromatic heterocycles. The van der Waals surface area contributed by atoms with Crippen LogP contribution in [0.15, 0.2) is 34.9 Å². The van der Waals surface area contributed by atoms with Gasteiger partial charge in [0, 0.05) is 22.5 Å². The van der Waals surface area contributed by atoms with Gasteiger partial charge in [-0.25, -0.2) is 0 Å². The number of halogens is 1. The first-order chi connectivity index (χ1) is 8.84. The molecule has 1 aliphatic heterocycles. The van der Waals surface area contributed by atoms with Crippen LogP contribution >= 0.6 is 15.9 Å². The molecule has 3 aromatic rings. The van der Waals surface area contributed by atoms with Crippen LogP contribution in [-0.4, -0.2) is 16.8 Å². The van der Waals surface area contributed by atoms with E-state index >= 15 is 0 Å². The van der Waals surface area contributed by atoms with Gasteiger partial charge in [-0.1, -0.05) is 18.2 Å². The minimum absolute atomic E-state index is 0.613. The predicted molar refractivity (Wildman–Crippen MR) is 75.8 cm³/mol. The first-order valence-corrected chi connectivity index (χ1v) is 6.52. The first kappa shape index (κ1) is 10.1. The van der Waals surface area contributed by atoms with Gasteiger partial charge in [0.2, 0.25) is 0 Å². The third kappa shape index (κ3) is 1.26. The van der Waals surface area contributed by atoms with Gasteiger partial charge >= 0.3 is 0 Å². The van der Waals surface area contributed by atoms with Crippen LogP contribution in [0.5, 0.6) is 5.75 Å². The predicted octanol–water partition coefficient (Wildman–Crippen LogP) is 3.88. The summed E-state index contributed by atoms with van der Waals surface area (Å²) in [6.45, 7) is 0.613. The van der Waals surface area contributed by atoms with Crippen molar-refractivity contribution >= 4 is 43.7 Å². The molecule has 0 fully saturated rings. The minimum atomic E-state index is 0.613. The zero-order valence-corrected chi connectivity index (χ0v) is 11.0. The number of aromatic amines is 1. The van der Waals surface area contributed by atoms with Crippen LogP contribution in [0.2, 0.25) is 0 Å². The molecule has 0 radical (unpaired) electrons. The molecule has 0 saturated carbocycles. The zero-order valence-electron chi connectivity index (χ0n) is 9.40. The van der Waals surface area contributed by atoms with E-state index in [1.165, 1.54) is 16.2 Å². The van der Waals surface area contributed by atoms with Crippen LogP contribution in [0.1, 0.15) is 5.56 Å². The Morgan fingerprint density at radius 2 is 2.28 bits per heavy atom. The highest BCUT2D eigenvalue weighted by molar-refractivity contribution is 9.10. The summed E-state index contributed by atoms with van der Waals surface area (Å²) in [5.41, 5.74) is 2.05. The molecule has 0 bridgehead atoms. The maximum atomic E-state index is 5.75. The Kier molecular flexibility index (Phi) is 2.02. The van der Waals surface area contributed by atoms with E-state index in [1.54, 1.807) is 0 Å². The van der Waals surface area contributed by atoms with Gasteiger partial charge in [0.05, 0.1) is 9.99 Å². The molecule has 0 atom stereocenters. The van der Waals surface area contributed by atoms with Gasteiger partial charge in [-0.05, 0) is 33.5 Å².